The second-order valence-electron chi connectivity index (χ2n) is 4.25. The number of aliphatic carboxylic acids is 1. The van der Waals surface area contributed by atoms with E-state index in [1.807, 2.05) is 25.1 Å². The third-order valence-corrected chi connectivity index (χ3v) is 4.38. The monoisotopic (exact) mass is 315 g/mol. The van der Waals surface area contributed by atoms with Crippen LogP contribution in [0.4, 0.5) is 0 Å². The maximum Gasteiger partial charge on any atom is 0.305 e. The van der Waals surface area contributed by atoms with Gasteiger partial charge in [-0.15, -0.1) is 11.8 Å². The first-order valence-corrected chi connectivity index (χ1v) is 7.63. The van der Waals surface area contributed by atoms with Gasteiger partial charge in [0, 0.05) is 18.0 Å². The largest absolute Gasteiger partial charge is 0.481 e. The van der Waals surface area contributed by atoms with Crippen LogP contribution in [0.1, 0.15) is 20.3 Å². The van der Waals surface area contributed by atoms with Crippen LogP contribution in [0, 0.1) is 0 Å². The predicted molar refractivity (Wildman–Crippen MR) is 81.3 cm³/mol. The summed E-state index contributed by atoms with van der Waals surface area (Å²) in [4.78, 5) is 25.3. The molecule has 1 atom stereocenters. The molecule has 1 unspecified atom stereocenters. The van der Waals surface area contributed by atoms with Gasteiger partial charge in [-0.05, 0) is 26.0 Å². The van der Waals surface area contributed by atoms with Crippen molar-refractivity contribution >= 4 is 35.2 Å². The van der Waals surface area contributed by atoms with E-state index in [0.717, 1.165) is 4.90 Å². The lowest BCUT2D eigenvalue weighted by atomic mass is 10.3. The molecule has 0 radical (unpaired) electrons. The third kappa shape index (κ3) is 5.06. The molecule has 0 fully saturated rings. The van der Waals surface area contributed by atoms with E-state index in [1.54, 1.807) is 17.9 Å². The van der Waals surface area contributed by atoms with Crippen LogP contribution in [0.2, 0.25) is 5.02 Å². The maximum atomic E-state index is 12.3. The average Bonchev–Trinajstić information content (AvgIpc) is 2.41. The Bertz CT molecular complexity index is 481. The SMILES string of the molecule is CCN(CCC(=O)O)C(=O)C(C)Sc1ccccc1Cl. The summed E-state index contributed by atoms with van der Waals surface area (Å²) >= 11 is 7.45. The van der Waals surface area contributed by atoms with Crippen LogP contribution in [0.5, 0.6) is 0 Å². The molecule has 0 heterocycles. The highest BCUT2D eigenvalue weighted by molar-refractivity contribution is 8.00. The van der Waals surface area contributed by atoms with Crippen LogP contribution in [0.25, 0.3) is 0 Å². The number of halogens is 1. The molecular weight excluding hydrogens is 298 g/mol. The van der Waals surface area contributed by atoms with Crippen molar-refractivity contribution in [1.82, 2.24) is 4.90 Å². The molecule has 0 aromatic heterocycles. The van der Waals surface area contributed by atoms with E-state index in [0.29, 0.717) is 11.6 Å². The van der Waals surface area contributed by atoms with Gasteiger partial charge in [0.15, 0.2) is 0 Å². The standard InChI is InChI=1S/C14H18ClNO3S/c1-3-16(9-8-13(17)18)14(19)10(2)20-12-7-5-4-6-11(12)15/h4-7,10H,3,8-9H2,1-2H3,(H,17,18). The molecule has 1 amide bonds. The van der Waals surface area contributed by atoms with E-state index in [1.165, 1.54) is 11.8 Å². The smallest absolute Gasteiger partial charge is 0.305 e. The normalized spacial score (nSPS) is 11.9. The van der Waals surface area contributed by atoms with Gasteiger partial charge in [-0.25, -0.2) is 0 Å². The van der Waals surface area contributed by atoms with Crippen molar-refractivity contribution in [2.24, 2.45) is 0 Å². The summed E-state index contributed by atoms with van der Waals surface area (Å²) in [6.07, 6.45) is -0.0386. The number of amides is 1. The first kappa shape index (κ1) is 16.9. The molecule has 0 aliphatic carbocycles. The molecule has 0 spiro atoms. The van der Waals surface area contributed by atoms with Gasteiger partial charge in [0.25, 0.3) is 0 Å². The van der Waals surface area contributed by atoms with E-state index in [2.05, 4.69) is 0 Å². The number of hydrogen-bond acceptors (Lipinski definition) is 3. The fraction of sp³-hybridized carbons (Fsp3) is 0.429. The number of carbonyl (C=O) groups is 2. The maximum absolute atomic E-state index is 12.3. The highest BCUT2D eigenvalue weighted by atomic mass is 35.5. The fourth-order valence-corrected chi connectivity index (χ4v) is 2.93. The van der Waals surface area contributed by atoms with E-state index in [-0.39, 0.29) is 24.1 Å². The molecule has 0 saturated heterocycles. The molecule has 4 nitrogen and oxygen atoms in total. The number of hydrogen-bond donors (Lipinski definition) is 1. The molecule has 6 heteroatoms. The number of benzene rings is 1. The molecule has 0 aliphatic heterocycles. The van der Waals surface area contributed by atoms with Crippen LogP contribution in [-0.2, 0) is 9.59 Å². The Labute approximate surface area is 128 Å². The highest BCUT2D eigenvalue weighted by Crippen LogP contribution is 2.30. The van der Waals surface area contributed by atoms with E-state index in [9.17, 15) is 9.59 Å². The number of nitrogens with zero attached hydrogens (tertiary/aromatic N) is 1. The minimum Gasteiger partial charge on any atom is -0.481 e. The molecule has 1 rings (SSSR count). The Hall–Kier alpha value is -1.20. The van der Waals surface area contributed by atoms with Crippen molar-refractivity contribution in [3.63, 3.8) is 0 Å². The van der Waals surface area contributed by atoms with Gasteiger partial charge < -0.3 is 10.0 Å². The molecule has 110 valence electrons. The second-order valence-corrected chi connectivity index (χ2v) is 6.04. The lowest BCUT2D eigenvalue weighted by molar-refractivity contribution is -0.138. The zero-order valence-corrected chi connectivity index (χ0v) is 13.1. The third-order valence-electron chi connectivity index (χ3n) is 2.78. The Morgan fingerprint density at radius 1 is 1.40 bits per heavy atom. The molecule has 0 saturated carbocycles. The van der Waals surface area contributed by atoms with Gasteiger partial charge in [-0.2, -0.15) is 0 Å². The lowest BCUT2D eigenvalue weighted by Gasteiger charge is -2.23. The molecule has 1 aromatic rings. The fourth-order valence-electron chi connectivity index (χ4n) is 1.69. The average molecular weight is 316 g/mol. The van der Waals surface area contributed by atoms with Gasteiger partial charge in [0.05, 0.1) is 16.7 Å². The molecule has 1 N–H and O–H groups in total. The Kier molecular flexibility index (Phi) is 6.88. The van der Waals surface area contributed by atoms with Gasteiger partial charge in [-0.1, -0.05) is 23.7 Å². The molecule has 20 heavy (non-hydrogen) atoms. The molecule has 0 bridgehead atoms. The zero-order chi connectivity index (χ0) is 15.1. The van der Waals surface area contributed by atoms with Crippen molar-refractivity contribution in [1.29, 1.82) is 0 Å². The van der Waals surface area contributed by atoms with Crippen molar-refractivity contribution < 1.29 is 14.7 Å². The Morgan fingerprint density at radius 2 is 2.05 bits per heavy atom. The van der Waals surface area contributed by atoms with Gasteiger partial charge in [0.1, 0.15) is 0 Å². The van der Waals surface area contributed by atoms with Gasteiger partial charge >= 0.3 is 5.97 Å². The number of thioether (sulfide) groups is 1. The van der Waals surface area contributed by atoms with E-state index < -0.39 is 5.97 Å². The summed E-state index contributed by atoms with van der Waals surface area (Å²) in [6, 6.07) is 7.35. The van der Waals surface area contributed by atoms with Crippen LogP contribution >= 0.6 is 23.4 Å². The minimum absolute atomic E-state index is 0.0386. The van der Waals surface area contributed by atoms with Gasteiger partial charge in [0.2, 0.25) is 5.91 Å². The van der Waals surface area contributed by atoms with Crippen LogP contribution < -0.4 is 0 Å². The van der Waals surface area contributed by atoms with Crippen molar-refractivity contribution in [2.75, 3.05) is 13.1 Å². The number of carboxylic acids is 1. The summed E-state index contributed by atoms with van der Waals surface area (Å²) in [6.45, 7) is 4.38. The van der Waals surface area contributed by atoms with Crippen LogP contribution in [0.3, 0.4) is 0 Å². The van der Waals surface area contributed by atoms with E-state index >= 15 is 0 Å². The topological polar surface area (TPSA) is 57.6 Å². The van der Waals surface area contributed by atoms with Crippen LogP contribution in [-0.4, -0.2) is 40.2 Å². The quantitative estimate of drug-likeness (QED) is 0.785. The molecular formula is C14H18ClNO3S. The highest BCUT2D eigenvalue weighted by Gasteiger charge is 2.21. The van der Waals surface area contributed by atoms with Crippen molar-refractivity contribution in [2.45, 2.75) is 30.4 Å². The zero-order valence-electron chi connectivity index (χ0n) is 11.5. The first-order chi connectivity index (χ1) is 9.45. The summed E-state index contributed by atoms with van der Waals surface area (Å²) in [5.74, 6) is -0.971. The van der Waals surface area contributed by atoms with Crippen molar-refractivity contribution in [3.05, 3.63) is 29.3 Å². The predicted octanol–water partition coefficient (Wildman–Crippen LogP) is 3.14. The number of rotatable bonds is 7. The summed E-state index contributed by atoms with van der Waals surface area (Å²) < 4.78 is 0. The number of carboxylic acid groups (broad SMARTS) is 1. The number of carbonyl (C=O) groups excluding carboxylic acids is 1. The van der Waals surface area contributed by atoms with Crippen LogP contribution in [0.15, 0.2) is 29.2 Å². The minimum atomic E-state index is -0.900. The molecule has 0 aliphatic rings. The molecule has 1 aromatic carbocycles. The van der Waals surface area contributed by atoms with Crippen molar-refractivity contribution in [3.8, 4) is 0 Å². The van der Waals surface area contributed by atoms with E-state index in [4.69, 9.17) is 16.7 Å². The summed E-state index contributed by atoms with van der Waals surface area (Å²) in [5, 5.41) is 9.00. The lowest BCUT2D eigenvalue weighted by Crippen LogP contribution is -2.37. The first-order valence-electron chi connectivity index (χ1n) is 6.37. The Morgan fingerprint density at radius 3 is 2.60 bits per heavy atom. The summed E-state index contributed by atoms with van der Waals surface area (Å²) in [5.41, 5.74) is 0. The second kappa shape index (κ2) is 8.17. The Balaban J connectivity index is 2.65. The summed E-state index contributed by atoms with van der Waals surface area (Å²) in [7, 11) is 0. The van der Waals surface area contributed by atoms with Gasteiger partial charge in [-0.3, -0.25) is 9.59 Å².